The van der Waals surface area contributed by atoms with Gasteiger partial charge >= 0.3 is 6.08 Å². The average Bonchev–Trinajstić information content (AvgIpc) is 2.78. The van der Waals surface area contributed by atoms with Crippen LogP contribution in [0.2, 0.25) is 0 Å². The molecule has 0 radical (unpaired) electrons. The molecule has 4 heteroatoms. The molecule has 0 atom stereocenters. The van der Waals surface area contributed by atoms with Crippen LogP contribution in [0.25, 0.3) is 11.1 Å². The molecule has 96 valence electrons. The Kier molecular flexibility index (Phi) is 2.63. The molecule has 0 amide bonds. The van der Waals surface area contributed by atoms with Crippen LogP contribution in [-0.2, 0) is 0 Å². The second kappa shape index (κ2) is 4.31. The Morgan fingerprint density at radius 1 is 1.11 bits per heavy atom. The van der Waals surface area contributed by atoms with Crippen molar-refractivity contribution in [3.63, 3.8) is 0 Å². The summed E-state index contributed by atoms with van der Waals surface area (Å²) in [4.78, 5) is 4.28. The van der Waals surface area contributed by atoms with E-state index in [1.165, 1.54) is 0 Å². The normalized spacial score (nSPS) is 10.8. The molecule has 0 bridgehead atoms. The van der Waals surface area contributed by atoms with Crippen molar-refractivity contribution < 1.29 is 9.15 Å². The molecule has 19 heavy (non-hydrogen) atoms. The quantitative estimate of drug-likeness (QED) is 0.706. The third kappa shape index (κ3) is 2.12. The van der Waals surface area contributed by atoms with Gasteiger partial charge in [-0.3, -0.25) is 0 Å². The molecule has 0 spiro atoms. The molecule has 1 heterocycles. The first-order chi connectivity index (χ1) is 9.13. The van der Waals surface area contributed by atoms with Crippen LogP contribution in [-0.4, -0.2) is 4.98 Å². The summed E-state index contributed by atoms with van der Waals surface area (Å²) in [6.45, 7) is 3.88. The maximum atomic E-state index is 5.85. The summed E-state index contributed by atoms with van der Waals surface area (Å²) in [6, 6.07) is 11.3. The van der Waals surface area contributed by atoms with E-state index < -0.39 is 0 Å². The van der Waals surface area contributed by atoms with Gasteiger partial charge in [-0.25, -0.2) is 0 Å². The van der Waals surface area contributed by atoms with Gasteiger partial charge in [-0.15, -0.1) is 0 Å². The van der Waals surface area contributed by atoms with E-state index in [4.69, 9.17) is 14.9 Å². The lowest BCUT2D eigenvalue weighted by molar-refractivity contribution is 0.341. The predicted octanol–water partition coefficient (Wildman–Crippen LogP) is 3.82. The van der Waals surface area contributed by atoms with E-state index >= 15 is 0 Å². The number of aryl methyl sites for hydroxylation is 2. The van der Waals surface area contributed by atoms with Crippen molar-refractivity contribution in [3.05, 3.63) is 47.5 Å². The second-order valence-corrected chi connectivity index (χ2v) is 4.52. The molecule has 3 aromatic rings. The zero-order valence-electron chi connectivity index (χ0n) is 10.8. The van der Waals surface area contributed by atoms with Gasteiger partial charge in [-0.05, 0) is 49.2 Å². The van der Waals surface area contributed by atoms with Crippen LogP contribution in [0.1, 0.15) is 11.1 Å². The summed E-state index contributed by atoms with van der Waals surface area (Å²) >= 11 is 0. The minimum absolute atomic E-state index is 0.244. The number of anilines is 1. The summed E-state index contributed by atoms with van der Waals surface area (Å²) < 4.78 is 11.2. The second-order valence-electron chi connectivity index (χ2n) is 4.52. The third-order valence-electron chi connectivity index (χ3n) is 3.04. The Morgan fingerprint density at radius 3 is 2.68 bits per heavy atom. The zero-order valence-corrected chi connectivity index (χ0v) is 10.8. The van der Waals surface area contributed by atoms with Gasteiger partial charge in [0.05, 0.1) is 0 Å². The maximum absolute atomic E-state index is 5.85. The van der Waals surface area contributed by atoms with Crippen LogP contribution >= 0.6 is 0 Å². The first kappa shape index (κ1) is 11.6. The number of rotatable bonds is 2. The molecule has 3 rings (SSSR count). The molecular weight excluding hydrogens is 240 g/mol. The van der Waals surface area contributed by atoms with E-state index in [2.05, 4.69) is 4.98 Å². The van der Waals surface area contributed by atoms with E-state index in [0.717, 1.165) is 22.3 Å². The van der Waals surface area contributed by atoms with Gasteiger partial charge in [0.25, 0.3) is 0 Å². The predicted molar refractivity (Wildman–Crippen MR) is 74.4 cm³/mol. The summed E-state index contributed by atoms with van der Waals surface area (Å²) in [5, 5.41) is 0. The number of benzene rings is 2. The van der Waals surface area contributed by atoms with Crippen LogP contribution in [0.15, 0.2) is 40.8 Å². The largest absolute Gasteiger partial charge is 0.411 e. The highest BCUT2D eigenvalue weighted by molar-refractivity contribution is 5.72. The topological polar surface area (TPSA) is 61.3 Å². The van der Waals surface area contributed by atoms with Crippen LogP contribution in [0.5, 0.6) is 11.8 Å². The van der Waals surface area contributed by atoms with Gasteiger partial charge in [0, 0.05) is 5.69 Å². The Balaban J connectivity index is 1.98. The Bertz CT molecular complexity index is 714. The number of nitrogens with two attached hydrogens (primary N) is 1. The molecule has 4 nitrogen and oxygen atoms in total. The molecule has 0 saturated carbocycles. The van der Waals surface area contributed by atoms with Crippen LogP contribution in [0.4, 0.5) is 5.69 Å². The number of nitrogen functional groups attached to an aromatic ring is 1. The van der Waals surface area contributed by atoms with Crippen molar-refractivity contribution in [2.45, 2.75) is 13.8 Å². The average molecular weight is 254 g/mol. The number of ether oxygens (including phenoxy) is 1. The van der Waals surface area contributed by atoms with Crippen molar-refractivity contribution >= 4 is 16.8 Å². The number of fused-ring (bicyclic) bond motifs is 1. The summed E-state index contributed by atoms with van der Waals surface area (Å²) in [6.07, 6.45) is 0.244. The SMILES string of the molecule is Cc1cc(Oc2nc3ccccc3o2)c(C)cc1N. The van der Waals surface area contributed by atoms with Gasteiger partial charge < -0.3 is 14.9 Å². The fourth-order valence-electron chi connectivity index (χ4n) is 1.91. The summed E-state index contributed by atoms with van der Waals surface area (Å²) in [5.41, 5.74) is 10.0. The molecule has 1 aromatic heterocycles. The number of para-hydroxylation sites is 2. The molecule has 2 aromatic carbocycles. The molecule has 2 N–H and O–H groups in total. The Labute approximate surface area is 110 Å². The van der Waals surface area contributed by atoms with Gasteiger partial charge in [-0.2, -0.15) is 4.98 Å². The van der Waals surface area contributed by atoms with E-state index in [0.29, 0.717) is 11.3 Å². The molecule has 0 fully saturated rings. The van der Waals surface area contributed by atoms with Crippen molar-refractivity contribution in [3.8, 4) is 11.8 Å². The third-order valence-corrected chi connectivity index (χ3v) is 3.04. The van der Waals surface area contributed by atoms with Crippen LogP contribution < -0.4 is 10.5 Å². The molecule has 0 aliphatic heterocycles. The number of oxazole rings is 1. The van der Waals surface area contributed by atoms with Gasteiger partial charge in [0.15, 0.2) is 5.58 Å². The lowest BCUT2D eigenvalue weighted by atomic mass is 10.1. The van der Waals surface area contributed by atoms with Crippen LogP contribution in [0, 0.1) is 13.8 Å². The fraction of sp³-hybridized carbons (Fsp3) is 0.133. The minimum atomic E-state index is 0.244. The summed E-state index contributed by atoms with van der Waals surface area (Å²) in [7, 11) is 0. The lowest BCUT2D eigenvalue weighted by Gasteiger charge is -2.08. The van der Waals surface area contributed by atoms with Crippen molar-refractivity contribution in [1.29, 1.82) is 0 Å². The van der Waals surface area contributed by atoms with E-state index in [1.807, 2.05) is 50.2 Å². The smallest absolute Gasteiger partial charge is 0.400 e. The fourth-order valence-corrected chi connectivity index (χ4v) is 1.91. The first-order valence-corrected chi connectivity index (χ1v) is 6.03. The van der Waals surface area contributed by atoms with Crippen molar-refractivity contribution in [2.24, 2.45) is 0 Å². The lowest BCUT2D eigenvalue weighted by Crippen LogP contribution is -1.94. The Hall–Kier alpha value is -2.49. The molecule has 0 unspecified atom stereocenters. The van der Waals surface area contributed by atoms with E-state index in [-0.39, 0.29) is 6.08 Å². The maximum Gasteiger partial charge on any atom is 0.400 e. The summed E-state index contributed by atoms with van der Waals surface area (Å²) in [5.74, 6) is 0.707. The highest BCUT2D eigenvalue weighted by Crippen LogP contribution is 2.30. The standard InChI is InChI=1S/C15H14N2O2/c1-9-8-14(10(2)7-11(9)16)19-15-17-12-5-3-4-6-13(12)18-15/h3-8H,16H2,1-2H3. The van der Waals surface area contributed by atoms with Gasteiger partial charge in [0.2, 0.25) is 0 Å². The number of hydrogen-bond donors (Lipinski definition) is 1. The van der Waals surface area contributed by atoms with Crippen molar-refractivity contribution in [2.75, 3.05) is 5.73 Å². The number of hydrogen-bond acceptors (Lipinski definition) is 4. The molecular formula is C15H14N2O2. The number of nitrogens with zero attached hydrogens (tertiary/aromatic N) is 1. The van der Waals surface area contributed by atoms with Gasteiger partial charge in [-0.1, -0.05) is 12.1 Å². The molecule has 0 aliphatic carbocycles. The molecule has 0 aliphatic rings. The minimum Gasteiger partial charge on any atom is -0.411 e. The Morgan fingerprint density at radius 2 is 1.89 bits per heavy atom. The monoisotopic (exact) mass is 254 g/mol. The van der Waals surface area contributed by atoms with E-state index in [1.54, 1.807) is 0 Å². The highest BCUT2D eigenvalue weighted by atomic mass is 16.6. The molecule has 0 saturated heterocycles. The van der Waals surface area contributed by atoms with Crippen molar-refractivity contribution in [1.82, 2.24) is 4.98 Å². The van der Waals surface area contributed by atoms with E-state index in [9.17, 15) is 0 Å². The van der Waals surface area contributed by atoms with Gasteiger partial charge in [0.1, 0.15) is 11.3 Å². The number of aromatic nitrogens is 1. The highest BCUT2D eigenvalue weighted by Gasteiger charge is 2.10. The zero-order chi connectivity index (χ0) is 13.4. The first-order valence-electron chi connectivity index (χ1n) is 6.03. The van der Waals surface area contributed by atoms with Crippen LogP contribution in [0.3, 0.4) is 0 Å².